The predicted molar refractivity (Wildman–Crippen MR) is 536 cm³/mol. The number of aromatic nitrogens is 2. The van der Waals surface area contributed by atoms with E-state index < -0.39 is 176 Å². The van der Waals surface area contributed by atoms with Crippen LogP contribution >= 0.6 is 24.8 Å². The van der Waals surface area contributed by atoms with Crippen molar-refractivity contribution in [2.24, 2.45) is 54.5 Å². The zero-order valence-corrected chi connectivity index (χ0v) is 95.0. The van der Waals surface area contributed by atoms with E-state index in [0.717, 1.165) is 22.7 Å². The maximum absolute atomic E-state index is 13.3. The molecule has 14 atom stereocenters. The van der Waals surface area contributed by atoms with Crippen LogP contribution in [0, 0.1) is 41.9 Å². The van der Waals surface area contributed by atoms with E-state index in [2.05, 4.69) is 50.7 Å². The van der Waals surface area contributed by atoms with Crippen LogP contribution in [0.3, 0.4) is 0 Å². The number of β-amino-alcohol motifs (C(OH)–C–C–N with tert-alkyl or cyclic N) is 6. The number of esters is 2. The van der Waals surface area contributed by atoms with E-state index in [4.69, 9.17) is 49.7 Å². The molecule has 16 N–H and O–H groups in total. The summed E-state index contributed by atoms with van der Waals surface area (Å²) in [5, 5.41) is 91.9. The van der Waals surface area contributed by atoms with Crippen molar-refractivity contribution in [3.63, 3.8) is 0 Å². The number of ether oxygens (including phenoxy) is 6. The normalized spacial score (nSPS) is 23.6. The molecule has 6 fully saturated rings. The molecule has 0 saturated carbocycles. The molecular weight excluding hydrogens is 1980 g/mol. The van der Waals surface area contributed by atoms with Crippen LogP contribution in [0.1, 0.15) is 286 Å². The molecule has 0 aliphatic carbocycles. The number of methoxy groups -OCH3 is 2. The molecule has 0 bridgehead atoms. The summed E-state index contributed by atoms with van der Waals surface area (Å²) >= 11 is 0. The first kappa shape index (κ1) is 138. The van der Waals surface area contributed by atoms with Crippen molar-refractivity contribution in [1.29, 1.82) is 0 Å². The predicted octanol–water partition coefficient (Wildman–Crippen LogP) is 3.92. The van der Waals surface area contributed by atoms with Gasteiger partial charge in [0.25, 0.3) is 17.7 Å². The number of nitrogens with one attached hydrogen (secondary N) is 3. The number of carboxylic acid groups (broad SMARTS) is 2. The zero-order chi connectivity index (χ0) is 110. The molecule has 832 valence electrons. The van der Waals surface area contributed by atoms with Crippen molar-refractivity contribution in [1.82, 2.24) is 50.8 Å². The number of nitrogens with two attached hydrogens (primary N) is 2. The zero-order valence-electron chi connectivity index (χ0n) is 91.4. The van der Waals surface area contributed by atoms with Gasteiger partial charge in [0, 0.05) is 99.8 Å². The van der Waals surface area contributed by atoms with Crippen molar-refractivity contribution in [3.05, 3.63) is 35.0 Å². The molecule has 50 heteroatoms. The maximum Gasteiger partial charge on any atom is 1.00 e. The molecule has 9 aliphatic rings. The van der Waals surface area contributed by atoms with E-state index in [1.54, 1.807) is 121 Å². The number of aliphatic hydroxyl groups is 6. The second-order valence-corrected chi connectivity index (χ2v) is 45.5. The van der Waals surface area contributed by atoms with Gasteiger partial charge in [-0.25, -0.2) is 43.7 Å². The van der Waals surface area contributed by atoms with Gasteiger partial charge in [-0.1, -0.05) is 79.6 Å². The minimum absolute atomic E-state index is 0. The standard InChI is InChI=1S/C19H27N3O4.C15H26N2O6.C15H24N2O4.C14H25N3O5.C10H16N2O2.C10H17NO5.C9H13NO3.C5H11NO2.2ClH.Na.H2O/c1-10(2)16(15-6-11(3)21-26-15)17(24)22-9-12(23)7-14(22)13-8-19(4,5)18(25)20-13;1-14(2,3)23-13(21)17-8-9(18)7-10(17)11(19)16-15(4,5)12(20)22-6;1-14(2,3)21-13(20)17-8-9(18)6-11(17)10-7-15(4,5)12(19)16-10;1-13(2,3)22-12(21)17-7-8(18)6-9(17)10(19)16-14(4,5)11(15)20;1-10(2)4-8(12-9(10)14)7-3-6(13)5-11-7;1-10(2,3)16-9(15)11-5-6(12)4-7(11)8(13)14;1-5(2)8(9(11)12)7-4-6(3)10-13-7;1-5(2,6)4(7)8-3;;;;/h6,10,12,14,16,23H,7-9H2,1-5H3;9-10,18H,7-8H2,1-6H3,(H,16,19);9,11,18H,6-8H2,1-5H3;8-9,18H,6-7H2,1-5H3,(H2,15,20)(H,16,19);6-7,11,13H,3-5H2,1-2H3;6-7,12H,4-5H2,1-3H3,(H,13,14);4-5,8H,1-3H3,(H,11,12);6H2,1-3H3;2*1H;;1H2/q;;;;;;;;;;+1;/p-1/t12-,14?,16?;9-,10+;9-,11?;8-,9+;6-,7?;6-,7+;;;;;;/m111111....../s1. The quantitative estimate of drug-likeness (QED) is 0.0606. The Morgan fingerprint density at radius 3 is 1.02 bits per heavy atom. The van der Waals surface area contributed by atoms with Crippen molar-refractivity contribution in [2.45, 2.75) is 389 Å². The van der Waals surface area contributed by atoms with Gasteiger partial charge in [-0.2, -0.15) is 0 Å². The molecule has 47 nitrogen and oxygen atoms in total. The molecular formula is C97H162Cl2N15NaO32. The Balaban J connectivity index is 0.00000168. The van der Waals surface area contributed by atoms with Crippen LogP contribution in [0.2, 0.25) is 0 Å². The van der Waals surface area contributed by atoms with Gasteiger partial charge in [-0.05, 0) is 157 Å². The minimum Gasteiger partial charge on any atom is -0.870 e. The summed E-state index contributed by atoms with van der Waals surface area (Å²) in [6, 6.07) is 0.0738. The fourth-order valence-corrected chi connectivity index (χ4v) is 16.0. The average Bonchev–Trinajstić information content (AvgIpc) is 1.64. The van der Waals surface area contributed by atoms with Gasteiger partial charge in [0.15, 0.2) is 5.76 Å². The van der Waals surface area contributed by atoms with Crippen LogP contribution in [0.15, 0.2) is 36.2 Å². The molecule has 0 radical (unpaired) electrons. The van der Waals surface area contributed by atoms with Crippen LogP contribution in [-0.2, 0) is 81.2 Å². The largest absolute Gasteiger partial charge is 1.00 e. The molecule has 0 aromatic carbocycles. The van der Waals surface area contributed by atoms with Crippen LogP contribution in [0.5, 0.6) is 0 Å². The van der Waals surface area contributed by atoms with Crippen molar-refractivity contribution in [3.8, 4) is 0 Å². The monoisotopic (exact) mass is 2140 g/mol. The summed E-state index contributed by atoms with van der Waals surface area (Å²) in [5.41, 5.74) is 6.81. The summed E-state index contributed by atoms with van der Waals surface area (Å²) in [7, 11) is 2.54. The number of aryl methyl sites for hydroxylation is 2. The van der Waals surface area contributed by atoms with Crippen molar-refractivity contribution >= 4 is 132 Å². The number of hydrogen-bond acceptors (Lipinski definition) is 34. The Morgan fingerprint density at radius 2 is 0.748 bits per heavy atom. The summed E-state index contributed by atoms with van der Waals surface area (Å²) < 4.78 is 40.2. The number of aliphatic carboxylic acids is 2. The number of amides is 11. The van der Waals surface area contributed by atoms with E-state index in [1.165, 1.54) is 56.6 Å². The minimum atomic E-state index is -1.25. The molecule has 11 amide bonds. The van der Waals surface area contributed by atoms with Gasteiger partial charge in [0.05, 0.1) is 117 Å². The van der Waals surface area contributed by atoms with Crippen LogP contribution in [0.25, 0.3) is 0 Å². The number of primary amides is 1. The second kappa shape index (κ2) is 55.5. The van der Waals surface area contributed by atoms with E-state index >= 15 is 0 Å². The Hall–Kier alpha value is -9.50. The third-order valence-electron chi connectivity index (χ3n) is 23.4. The van der Waals surface area contributed by atoms with Crippen LogP contribution < -0.4 is 57.0 Å². The van der Waals surface area contributed by atoms with Gasteiger partial charge in [-0.15, -0.1) is 24.8 Å². The van der Waals surface area contributed by atoms with Crippen LogP contribution in [-0.4, -0.2) is 353 Å². The first-order chi connectivity index (χ1) is 65.0. The summed E-state index contributed by atoms with van der Waals surface area (Å²) in [5.74, 6) is -5.33. The molecule has 0 spiro atoms. The summed E-state index contributed by atoms with van der Waals surface area (Å²) in [6.07, 6.45) is -3.01. The first-order valence-corrected chi connectivity index (χ1v) is 47.7. The van der Waals surface area contributed by atoms with Gasteiger partial charge in [0.1, 0.15) is 74.7 Å². The number of carbonyl (C=O) groups excluding carboxylic acids is 13. The first-order valence-electron chi connectivity index (χ1n) is 47.7. The number of carbonyl (C=O) groups is 15. The van der Waals surface area contributed by atoms with E-state index in [1.807, 2.05) is 76.2 Å². The number of aliphatic hydroxyl groups excluding tert-OH is 6. The fraction of sp³-hybridized carbons (Fsp3) is 0.753. The number of nitrogens with zero attached hydrogens (tertiary/aromatic N) is 10. The van der Waals surface area contributed by atoms with Crippen LogP contribution in [0.4, 0.5) is 19.2 Å². The fourth-order valence-electron chi connectivity index (χ4n) is 16.0. The van der Waals surface area contributed by atoms with Gasteiger partial charge in [-0.3, -0.25) is 62.8 Å². The molecule has 11 heterocycles. The molecule has 11 rings (SSSR count). The number of hydrogen-bond donors (Lipinski definition) is 13. The smallest absolute Gasteiger partial charge is 0.870 e. The topological polar surface area (TPSA) is 697 Å². The Labute approximate surface area is 894 Å². The van der Waals surface area contributed by atoms with Crippen molar-refractivity contribution < 1.29 is 185 Å². The second-order valence-electron chi connectivity index (χ2n) is 45.5. The third-order valence-corrected chi connectivity index (χ3v) is 23.4. The van der Waals surface area contributed by atoms with E-state index in [-0.39, 0.29) is 177 Å². The van der Waals surface area contributed by atoms with Crippen molar-refractivity contribution in [2.75, 3.05) is 53.5 Å². The van der Waals surface area contributed by atoms with Gasteiger partial charge >= 0.3 is 77.8 Å². The molecule has 2 aromatic heterocycles. The third kappa shape index (κ3) is 42.0. The Bertz CT molecular complexity index is 4940. The van der Waals surface area contributed by atoms with E-state index in [9.17, 15) is 103 Å². The molecule has 9 aliphatic heterocycles. The Kier molecular flexibility index (Phi) is 51.9. The maximum atomic E-state index is 13.3. The van der Waals surface area contributed by atoms with Gasteiger partial charge in [0.2, 0.25) is 23.6 Å². The number of carboxylic acids is 2. The SMILES string of the molecule is CC(C)(C)OC(=O)N1C[C@H](O)CC1C1=NC(=O)C(C)(C)C1.CC(C)(C)OC(=O)N1C[C@H](O)C[C@H]1C(=O)NC(C)(C)C(N)=O.CC(C)(C)OC(=O)N1C[C@H](O)C[C@H]1C(=O)O.CC1(C)CC(C2C[C@@H](O)CN2)=NC1=O.COC(=O)C(C)(C)N.COC(=O)C(C)(C)NC(=O)[C@@H]1C[C@@H](O)CN1C(=O)OC(C)(C)C.Cc1cc(C(C(=O)N2C[C@H](O)CC2C2=NC(=O)C(C)(C)C2)C(C)C)on1.Cc1cc(C(C(=O)O)C(C)C)on1.Cl.Cl.[Na+].[OH-]. The average molecular weight is 2140 g/mol. The van der Waals surface area contributed by atoms with Gasteiger partial charge < -0.3 is 116 Å². The Morgan fingerprint density at radius 1 is 0.449 bits per heavy atom. The number of likely N-dealkylation sites (tertiary alicyclic amines) is 5. The molecule has 5 unspecified atom stereocenters. The summed E-state index contributed by atoms with van der Waals surface area (Å²) in [6.45, 7) is 53.4. The molecule has 6 saturated heterocycles. The number of rotatable bonds is 17. The molecule has 2 aromatic rings. The number of halogens is 2. The number of aliphatic imine (C=N–C) groups is 3. The molecule has 147 heavy (non-hydrogen) atoms. The van der Waals surface area contributed by atoms with E-state index in [0.29, 0.717) is 67.3 Å². The summed E-state index contributed by atoms with van der Waals surface area (Å²) in [4.78, 5) is 196.